The number of rotatable bonds is 9. The Bertz CT molecular complexity index is 1050. The van der Waals surface area contributed by atoms with Crippen LogP contribution < -0.4 is 10.6 Å². The zero-order valence-corrected chi connectivity index (χ0v) is 19.7. The van der Waals surface area contributed by atoms with Gasteiger partial charge in [0, 0.05) is 24.7 Å². The summed E-state index contributed by atoms with van der Waals surface area (Å²) in [5.41, 5.74) is 3.59. The lowest BCUT2D eigenvalue weighted by molar-refractivity contribution is 0.0726. The van der Waals surface area contributed by atoms with Crippen molar-refractivity contribution >= 4 is 17.7 Å². The van der Waals surface area contributed by atoms with E-state index in [1.54, 1.807) is 0 Å². The van der Waals surface area contributed by atoms with E-state index in [0.717, 1.165) is 23.2 Å². The minimum Gasteiger partial charge on any atom is -0.359 e. The Morgan fingerprint density at radius 2 is 1.58 bits per heavy atom. The molecular weight excluding hydrogens is 412 g/mol. The molecule has 2 heterocycles. The van der Waals surface area contributed by atoms with Gasteiger partial charge in [0.2, 0.25) is 5.95 Å². The van der Waals surface area contributed by atoms with E-state index in [-0.39, 0.29) is 18.0 Å². The van der Waals surface area contributed by atoms with Gasteiger partial charge in [-0.25, -0.2) is 4.98 Å². The predicted octanol–water partition coefficient (Wildman–Crippen LogP) is 4.02. The van der Waals surface area contributed by atoms with Crippen molar-refractivity contribution in [3.8, 4) is 0 Å². The van der Waals surface area contributed by atoms with Crippen LogP contribution in [-0.2, 0) is 6.54 Å². The zero-order chi connectivity index (χ0) is 23.4. The van der Waals surface area contributed by atoms with Crippen LogP contribution in [0.15, 0.2) is 60.7 Å². The fourth-order valence-corrected chi connectivity index (χ4v) is 3.98. The molecular formula is C26H32N6O. The molecule has 7 heteroatoms. The summed E-state index contributed by atoms with van der Waals surface area (Å²) in [7, 11) is 4.04. The van der Waals surface area contributed by atoms with E-state index in [1.165, 1.54) is 0 Å². The summed E-state index contributed by atoms with van der Waals surface area (Å²) in [4.78, 5) is 26.5. The molecule has 2 aromatic carbocycles. The number of nitrogens with one attached hydrogen (secondary N) is 2. The molecule has 1 aliphatic heterocycles. The van der Waals surface area contributed by atoms with Crippen molar-refractivity contribution in [2.45, 2.75) is 32.5 Å². The standard InChI is InChI=1S/C26H32N6O/c1-18(2)32-17-21-23(25(32)33)29-26(27-15-16-31(3)4)30-24(21)28-22(19-11-7-5-8-12-19)20-13-9-6-10-14-20/h5-14,18,22H,15-17H2,1-4H3,(H2,27,28,29,30). The molecule has 0 radical (unpaired) electrons. The quantitative estimate of drug-likeness (QED) is 0.519. The van der Waals surface area contributed by atoms with Gasteiger partial charge in [0.1, 0.15) is 11.5 Å². The Labute approximate surface area is 195 Å². The molecule has 0 unspecified atom stereocenters. The topological polar surface area (TPSA) is 73.4 Å². The van der Waals surface area contributed by atoms with Gasteiger partial charge in [0.05, 0.1) is 12.6 Å². The molecule has 33 heavy (non-hydrogen) atoms. The average molecular weight is 445 g/mol. The lowest BCUT2D eigenvalue weighted by atomic mass is 9.98. The van der Waals surface area contributed by atoms with E-state index in [9.17, 15) is 4.79 Å². The summed E-state index contributed by atoms with van der Waals surface area (Å²) in [6.45, 7) is 6.08. The van der Waals surface area contributed by atoms with Crippen molar-refractivity contribution in [2.24, 2.45) is 0 Å². The van der Waals surface area contributed by atoms with Crippen LogP contribution in [0.5, 0.6) is 0 Å². The predicted molar refractivity (Wildman–Crippen MR) is 132 cm³/mol. The van der Waals surface area contributed by atoms with Crippen molar-refractivity contribution in [1.29, 1.82) is 0 Å². The van der Waals surface area contributed by atoms with E-state index in [1.807, 2.05) is 69.2 Å². The zero-order valence-electron chi connectivity index (χ0n) is 19.7. The van der Waals surface area contributed by atoms with Crippen LogP contribution in [0, 0.1) is 0 Å². The number of aromatic nitrogens is 2. The van der Waals surface area contributed by atoms with Gasteiger partial charge in [-0.15, -0.1) is 0 Å². The second-order valence-electron chi connectivity index (χ2n) is 8.88. The highest BCUT2D eigenvalue weighted by molar-refractivity contribution is 5.98. The highest BCUT2D eigenvalue weighted by Gasteiger charge is 2.34. The molecule has 7 nitrogen and oxygen atoms in total. The second-order valence-corrected chi connectivity index (χ2v) is 8.88. The first-order valence-corrected chi connectivity index (χ1v) is 11.4. The van der Waals surface area contributed by atoms with Crippen LogP contribution in [0.1, 0.15) is 47.1 Å². The number of carbonyl (C=O) groups excluding carboxylic acids is 1. The van der Waals surface area contributed by atoms with Gasteiger partial charge in [-0.3, -0.25) is 4.79 Å². The fraction of sp³-hybridized carbons (Fsp3) is 0.346. The van der Waals surface area contributed by atoms with Crippen LogP contribution in [-0.4, -0.2) is 58.9 Å². The monoisotopic (exact) mass is 444 g/mol. The Morgan fingerprint density at radius 1 is 0.970 bits per heavy atom. The number of hydrogen-bond acceptors (Lipinski definition) is 6. The van der Waals surface area contributed by atoms with Crippen molar-refractivity contribution < 1.29 is 4.79 Å². The largest absolute Gasteiger partial charge is 0.359 e. The Kier molecular flexibility index (Phi) is 6.89. The summed E-state index contributed by atoms with van der Waals surface area (Å²) < 4.78 is 0. The van der Waals surface area contributed by atoms with Crippen LogP contribution >= 0.6 is 0 Å². The first kappa shape index (κ1) is 22.7. The molecule has 4 rings (SSSR count). The summed E-state index contributed by atoms with van der Waals surface area (Å²) >= 11 is 0. The molecule has 0 fully saturated rings. The number of hydrogen-bond donors (Lipinski definition) is 2. The molecule has 0 bridgehead atoms. The number of nitrogens with zero attached hydrogens (tertiary/aromatic N) is 4. The molecule has 0 aliphatic carbocycles. The first-order chi connectivity index (χ1) is 15.9. The number of likely N-dealkylation sites (N-methyl/N-ethyl adjacent to an activating group) is 1. The maximum absolute atomic E-state index is 13.1. The van der Waals surface area contributed by atoms with E-state index >= 15 is 0 Å². The molecule has 0 saturated heterocycles. The van der Waals surface area contributed by atoms with Crippen molar-refractivity contribution in [3.05, 3.63) is 83.0 Å². The Hall–Kier alpha value is -3.45. The maximum atomic E-state index is 13.1. The summed E-state index contributed by atoms with van der Waals surface area (Å²) in [6.07, 6.45) is 0. The summed E-state index contributed by atoms with van der Waals surface area (Å²) in [5, 5.41) is 6.94. The maximum Gasteiger partial charge on any atom is 0.273 e. The lowest BCUT2D eigenvalue weighted by Gasteiger charge is -2.23. The second kappa shape index (κ2) is 10.0. The third kappa shape index (κ3) is 5.14. The first-order valence-electron chi connectivity index (χ1n) is 11.4. The van der Waals surface area contributed by atoms with Crippen molar-refractivity contribution in [2.75, 3.05) is 37.8 Å². The van der Waals surface area contributed by atoms with Crippen molar-refractivity contribution in [1.82, 2.24) is 19.8 Å². The summed E-state index contributed by atoms with van der Waals surface area (Å²) in [5.74, 6) is 1.12. The normalized spacial score (nSPS) is 13.2. The number of fused-ring (bicyclic) bond motifs is 1. The Morgan fingerprint density at radius 3 is 2.12 bits per heavy atom. The minimum absolute atomic E-state index is 0.0444. The van der Waals surface area contributed by atoms with Crippen LogP contribution in [0.25, 0.3) is 0 Å². The highest BCUT2D eigenvalue weighted by Crippen LogP contribution is 2.33. The molecule has 1 amide bonds. The van der Waals surface area contributed by atoms with Gasteiger partial charge in [-0.1, -0.05) is 60.7 Å². The van der Waals surface area contributed by atoms with Gasteiger partial charge in [-0.2, -0.15) is 4.98 Å². The smallest absolute Gasteiger partial charge is 0.273 e. The third-order valence-corrected chi connectivity index (χ3v) is 5.81. The van der Waals surface area contributed by atoms with E-state index < -0.39 is 0 Å². The van der Waals surface area contributed by atoms with Crippen LogP contribution in [0.2, 0.25) is 0 Å². The Balaban J connectivity index is 1.74. The van der Waals surface area contributed by atoms with Crippen molar-refractivity contribution in [3.63, 3.8) is 0 Å². The molecule has 0 saturated carbocycles. The number of carbonyl (C=O) groups is 1. The van der Waals surface area contributed by atoms with E-state index in [4.69, 9.17) is 4.98 Å². The van der Waals surface area contributed by atoms with Crippen LogP contribution in [0.3, 0.4) is 0 Å². The number of amides is 1. The van der Waals surface area contributed by atoms with Gasteiger partial charge in [0.15, 0.2) is 0 Å². The molecule has 1 aromatic heterocycles. The third-order valence-electron chi connectivity index (χ3n) is 5.81. The van der Waals surface area contributed by atoms with E-state index in [2.05, 4.69) is 44.8 Å². The SMILES string of the molecule is CC(C)N1Cc2c(NC(c3ccccc3)c3ccccc3)nc(NCCN(C)C)nc2C1=O. The average Bonchev–Trinajstić information content (AvgIpc) is 3.15. The minimum atomic E-state index is -0.107. The summed E-state index contributed by atoms with van der Waals surface area (Å²) in [6, 6.07) is 20.6. The number of anilines is 2. The lowest BCUT2D eigenvalue weighted by Crippen LogP contribution is -2.31. The molecule has 0 atom stereocenters. The molecule has 2 N–H and O–H groups in total. The van der Waals surface area contributed by atoms with Gasteiger partial charge in [0.25, 0.3) is 5.91 Å². The highest BCUT2D eigenvalue weighted by atomic mass is 16.2. The fourth-order valence-electron chi connectivity index (χ4n) is 3.98. The molecule has 1 aliphatic rings. The van der Waals surface area contributed by atoms with Crippen LogP contribution in [0.4, 0.5) is 11.8 Å². The van der Waals surface area contributed by atoms with Gasteiger partial charge in [-0.05, 0) is 39.1 Å². The molecule has 0 spiro atoms. The molecule has 3 aromatic rings. The number of benzene rings is 2. The van der Waals surface area contributed by atoms with Gasteiger partial charge >= 0.3 is 0 Å². The molecule has 172 valence electrons. The van der Waals surface area contributed by atoms with Gasteiger partial charge < -0.3 is 20.4 Å². The van der Waals surface area contributed by atoms with E-state index in [0.29, 0.717) is 30.5 Å².